The van der Waals surface area contributed by atoms with Gasteiger partial charge in [-0.3, -0.25) is 9.69 Å². The molecule has 2 heterocycles. The summed E-state index contributed by atoms with van der Waals surface area (Å²) in [5.74, 6) is -0.107. The Morgan fingerprint density at radius 1 is 1.18 bits per heavy atom. The van der Waals surface area contributed by atoms with Gasteiger partial charge in [0.15, 0.2) is 5.60 Å². The maximum atomic E-state index is 13.0. The second-order valence-corrected chi connectivity index (χ2v) is 8.32. The van der Waals surface area contributed by atoms with Crippen LogP contribution in [0.15, 0.2) is 43.0 Å². The highest BCUT2D eigenvalue weighted by Gasteiger charge is 2.44. The van der Waals surface area contributed by atoms with Crippen molar-refractivity contribution in [3.63, 3.8) is 0 Å². The lowest BCUT2D eigenvalue weighted by Crippen LogP contribution is -2.60. The first-order valence-corrected chi connectivity index (χ1v) is 10.4. The molecule has 2 aliphatic heterocycles. The summed E-state index contributed by atoms with van der Waals surface area (Å²) in [7, 11) is 1.77. The van der Waals surface area contributed by atoms with Gasteiger partial charge in [0, 0.05) is 39.8 Å². The Balaban J connectivity index is 1.56. The molecule has 0 aromatic heterocycles. The maximum Gasteiger partial charge on any atom is 0.255 e. The molecular weight excluding hydrogens is 352 g/mol. The van der Waals surface area contributed by atoms with Gasteiger partial charge in [-0.25, -0.2) is 0 Å². The Bertz CT molecular complexity index is 655. The van der Waals surface area contributed by atoms with E-state index < -0.39 is 5.60 Å². The van der Waals surface area contributed by atoms with E-state index in [1.54, 1.807) is 7.11 Å². The van der Waals surface area contributed by atoms with E-state index in [1.807, 2.05) is 29.2 Å². The number of hydrogen-bond acceptors (Lipinski definition) is 4. The molecule has 1 amide bonds. The van der Waals surface area contributed by atoms with Gasteiger partial charge in [-0.05, 0) is 44.1 Å². The van der Waals surface area contributed by atoms with Gasteiger partial charge < -0.3 is 14.7 Å². The van der Waals surface area contributed by atoms with Crippen molar-refractivity contribution in [3.8, 4) is 0 Å². The monoisotopic (exact) mass is 386 g/mol. The van der Waals surface area contributed by atoms with Crippen LogP contribution in [0, 0.1) is 0 Å². The number of methoxy groups -OCH3 is 1. The van der Waals surface area contributed by atoms with Crippen LogP contribution >= 0.6 is 0 Å². The number of aliphatic hydroxyl groups is 1. The summed E-state index contributed by atoms with van der Waals surface area (Å²) in [4.78, 5) is 17.1. The van der Waals surface area contributed by atoms with Crippen LogP contribution in [-0.2, 0) is 16.0 Å². The van der Waals surface area contributed by atoms with Crippen molar-refractivity contribution in [1.29, 1.82) is 0 Å². The van der Waals surface area contributed by atoms with Crippen molar-refractivity contribution in [1.82, 2.24) is 9.80 Å². The number of rotatable bonds is 8. The summed E-state index contributed by atoms with van der Waals surface area (Å²) in [5, 5.41) is 11.2. The topological polar surface area (TPSA) is 53.0 Å². The van der Waals surface area contributed by atoms with E-state index in [9.17, 15) is 9.90 Å². The summed E-state index contributed by atoms with van der Waals surface area (Å²) in [6.07, 6.45) is 6.78. The summed E-state index contributed by atoms with van der Waals surface area (Å²) in [6, 6.07) is 10.2. The number of carbonyl (C=O) groups is 1. The lowest BCUT2D eigenvalue weighted by molar-refractivity contribution is -0.161. The van der Waals surface area contributed by atoms with Gasteiger partial charge in [-0.2, -0.15) is 0 Å². The van der Waals surface area contributed by atoms with Crippen molar-refractivity contribution in [2.75, 3.05) is 39.8 Å². The van der Waals surface area contributed by atoms with Crippen molar-refractivity contribution < 1.29 is 14.6 Å². The highest BCUT2D eigenvalue weighted by atomic mass is 16.5. The second kappa shape index (κ2) is 9.21. The molecular formula is C23H34N2O3. The first-order chi connectivity index (χ1) is 13.5. The van der Waals surface area contributed by atoms with E-state index in [-0.39, 0.29) is 11.5 Å². The highest BCUT2D eigenvalue weighted by molar-refractivity contribution is 5.86. The van der Waals surface area contributed by atoms with Crippen molar-refractivity contribution >= 4 is 5.91 Å². The molecule has 1 aromatic rings. The number of carbonyl (C=O) groups excluding carboxylic acids is 1. The number of ether oxygens (including phenoxy) is 1. The number of benzene rings is 1. The SMILES string of the molecule is C=CCC1(OC)CCN(CC2(O)CCCN(CCc3ccccc3)C2=O)CC1. The minimum absolute atomic E-state index is 0.107. The van der Waals surface area contributed by atoms with Crippen molar-refractivity contribution in [3.05, 3.63) is 48.6 Å². The van der Waals surface area contributed by atoms with E-state index in [4.69, 9.17) is 4.74 Å². The third-order valence-electron chi connectivity index (χ3n) is 6.42. The number of nitrogens with zero attached hydrogens (tertiary/aromatic N) is 2. The number of amides is 1. The standard InChI is InChI=1S/C23H34N2O3/c1-3-11-22(28-2)13-17-24(18-14-22)19-23(27)12-7-15-25(21(23)26)16-10-20-8-5-4-6-9-20/h3-6,8-9,27H,1,7,10-19H2,2H3. The van der Waals surface area contributed by atoms with E-state index in [2.05, 4.69) is 23.6 Å². The van der Waals surface area contributed by atoms with Crippen LogP contribution in [0.2, 0.25) is 0 Å². The zero-order chi connectivity index (χ0) is 20.0. The molecule has 0 spiro atoms. The fourth-order valence-electron chi connectivity index (χ4n) is 4.58. The lowest BCUT2D eigenvalue weighted by Gasteiger charge is -2.45. The van der Waals surface area contributed by atoms with Crippen molar-refractivity contribution in [2.24, 2.45) is 0 Å². The van der Waals surface area contributed by atoms with Crippen LogP contribution in [-0.4, -0.2) is 71.8 Å². The number of β-amino-alcohol motifs (C(OH)–C–C–N with tert-alkyl or cyclic N) is 1. The molecule has 1 N–H and O–H groups in total. The Labute approximate surface area is 169 Å². The van der Waals surface area contributed by atoms with Crippen LogP contribution in [0.1, 0.15) is 37.7 Å². The van der Waals surface area contributed by atoms with Gasteiger partial charge in [-0.15, -0.1) is 6.58 Å². The van der Waals surface area contributed by atoms with Gasteiger partial charge in [0.05, 0.1) is 5.60 Å². The summed E-state index contributed by atoms with van der Waals surface area (Å²) in [5.41, 5.74) is -0.182. The molecule has 2 fully saturated rings. The Hall–Kier alpha value is -1.69. The molecule has 3 rings (SSSR count). The molecule has 1 atom stereocenters. The van der Waals surface area contributed by atoms with Gasteiger partial charge in [0.1, 0.15) is 0 Å². The van der Waals surface area contributed by atoms with Crippen LogP contribution in [0.3, 0.4) is 0 Å². The molecule has 154 valence electrons. The normalized spacial score (nSPS) is 25.6. The minimum atomic E-state index is -1.26. The zero-order valence-electron chi connectivity index (χ0n) is 17.1. The molecule has 5 nitrogen and oxygen atoms in total. The van der Waals surface area contributed by atoms with Crippen LogP contribution in [0.5, 0.6) is 0 Å². The fourth-order valence-corrected chi connectivity index (χ4v) is 4.58. The van der Waals surface area contributed by atoms with Crippen LogP contribution in [0.25, 0.3) is 0 Å². The molecule has 0 radical (unpaired) electrons. The van der Waals surface area contributed by atoms with Crippen LogP contribution in [0.4, 0.5) is 0 Å². The van der Waals surface area contributed by atoms with Gasteiger partial charge in [0.25, 0.3) is 5.91 Å². The fraction of sp³-hybridized carbons (Fsp3) is 0.609. The average Bonchev–Trinajstić information content (AvgIpc) is 2.72. The van der Waals surface area contributed by atoms with E-state index in [1.165, 1.54) is 5.56 Å². The van der Waals surface area contributed by atoms with Gasteiger partial charge in [-0.1, -0.05) is 36.4 Å². The predicted octanol–water partition coefficient (Wildman–Crippen LogP) is 2.64. The second-order valence-electron chi connectivity index (χ2n) is 8.32. The number of likely N-dealkylation sites (tertiary alicyclic amines) is 2. The lowest BCUT2D eigenvalue weighted by atomic mass is 9.85. The van der Waals surface area contributed by atoms with E-state index in [0.717, 1.165) is 51.7 Å². The summed E-state index contributed by atoms with van der Waals surface area (Å²) in [6.45, 7) is 7.33. The average molecular weight is 387 g/mol. The molecule has 0 aliphatic carbocycles. The number of piperidine rings is 2. The minimum Gasteiger partial charge on any atom is -0.379 e. The zero-order valence-corrected chi connectivity index (χ0v) is 17.1. The molecule has 0 bridgehead atoms. The molecule has 2 saturated heterocycles. The Kier molecular flexibility index (Phi) is 6.91. The third-order valence-corrected chi connectivity index (χ3v) is 6.42. The quantitative estimate of drug-likeness (QED) is 0.698. The molecule has 2 aliphatic rings. The molecule has 28 heavy (non-hydrogen) atoms. The molecule has 1 aromatic carbocycles. The third kappa shape index (κ3) is 4.83. The van der Waals surface area contributed by atoms with E-state index >= 15 is 0 Å². The predicted molar refractivity (Wildman–Crippen MR) is 111 cm³/mol. The Morgan fingerprint density at radius 3 is 2.54 bits per heavy atom. The summed E-state index contributed by atoms with van der Waals surface area (Å²) >= 11 is 0. The molecule has 0 saturated carbocycles. The maximum absolute atomic E-state index is 13.0. The largest absolute Gasteiger partial charge is 0.379 e. The van der Waals surface area contributed by atoms with Gasteiger partial charge >= 0.3 is 0 Å². The van der Waals surface area contributed by atoms with Crippen molar-refractivity contribution in [2.45, 2.75) is 49.7 Å². The first kappa shape index (κ1) is 21.0. The molecule has 1 unspecified atom stereocenters. The van der Waals surface area contributed by atoms with Crippen LogP contribution < -0.4 is 0 Å². The summed E-state index contributed by atoms with van der Waals surface area (Å²) < 4.78 is 5.76. The highest BCUT2D eigenvalue weighted by Crippen LogP contribution is 2.32. The van der Waals surface area contributed by atoms with E-state index in [0.29, 0.717) is 19.5 Å². The van der Waals surface area contributed by atoms with Gasteiger partial charge in [0.2, 0.25) is 0 Å². The Morgan fingerprint density at radius 2 is 1.89 bits per heavy atom. The number of hydrogen-bond donors (Lipinski definition) is 1. The smallest absolute Gasteiger partial charge is 0.255 e. The first-order valence-electron chi connectivity index (χ1n) is 10.4. The molecule has 5 heteroatoms.